The lowest BCUT2D eigenvalue weighted by atomic mass is 9.67. The van der Waals surface area contributed by atoms with Gasteiger partial charge < -0.3 is 14.2 Å². The van der Waals surface area contributed by atoms with E-state index in [1.54, 1.807) is 0 Å². The first-order chi connectivity index (χ1) is 62.5. The molecule has 592 valence electrons. The monoisotopic (exact) mass is 1620 g/mol. The van der Waals surface area contributed by atoms with Crippen molar-refractivity contribution in [1.82, 2.24) is 0 Å². The highest BCUT2D eigenvalue weighted by Gasteiger charge is 2.48. The first-order valence-electron chi connectivity index (χ1n) is 43.3. The summed E-state index contributed by atoms with van der Waals surface area (Å²) in [5.41, 5.74) is 36.6. The van der Waals surface area contributed by atoms with Gasteiger partial charge in [-0.15, -0.1) is 11.3 Å². The zero-order chi connectivity index (χ0) is 83.5. The number of para-hydroxylation sites is 3. The van der Waals surface area contributed by atoms with Gasteiger partial charge in [-0.3, -0.25) is 0 Å². The molecule has 0 aliphatic heterocycles. The van der Waals surface area contributed by atoms with Crippen molar-refractivity contribution in [2.24, 2.45) is 0 Å². The molecule has 4 heteroatoms. The first kappa shape index (κ1) is 75.0. The number of anilines is 6. The van der Waals surface area contributed by atoms with E-state index in [-0.39, 0.29) is 0 Å². The maximum atomic E-state index is 6.19. The van der Waals surface area contributed by atoms with E-state index in [4.69, 9.17) is 4.42 Å². The molecule has 0 saturated heterocycles. The Balaban J connectivity index is 0.000000145. The summed E-state index contributed by atoms with van der Waals surface area (Å²) in [6, 6.07) is 182. The van der Waals surface area contributed by atoms with Gasteiger partial charge in [0.05, 0.1) is 22.2 Å². The minimum absolute atomic E-state index is 0.520. The number of benzene rings is 20. The summed E-state index contributed by atoms with van der Waals surface area (Å²) in [6.45, 7) is 0. The van der Waals surface area contributed by atoms with E-state index in [2.05, 4.69) is 495 Å². The van der Waals surface area contributed by atoms with E-state index in [1.807, 2.05) is 23.5 Å². The van der Waals surface area contributed by atoms with Gasteiger partial charge >= 0.3 is 0 Å². The van der Waals surface area contributed by atoms with Gasteiger partial charge in [-0.2, -0.15) is 0 Å². The van der Waals surface area contributed by atoms with Crippen molar-refractivity contribution in [2.75, 3.05) is 9.80 Å². The zero-order valence-electron chi connectivity index (χ0n) is 69.1. The Morgan fingerprint density at radius 1 is 0.175 bits per heavy atom. The van der Waals surface area contributed by atoms with Crippen LogP contribution in [0.5, 0.6) is 0 Å². The van der Waals surface area contributed by atoms with Crippen molar-refractivity contribution in [3.05, 3.63) is 542 Å². The van der Waals surface area contributed by atoms with Crippen LogP contribution < -0.4 is 9.80 Å². The molecular weight excluding hydrogens is 1540 g/mol. The van der Waals surface area contributed by atoms with E-state index < -0.39 is 10.8 Å². The molecule has 2 aliphatic carbocycles. The Morgan fingerprint density at radius 2 is 0.492 bits per heavy atom. The molecule has 0 fully saturated rings. The topological polar surface area (TPSA) is 19.6 Å². The SMILES string of the molecule is c1ccc(-c2cccc(-c3ccccc3N(c3ccc(-c4ccc5oc6ccccc6c5c4)cc3)c3ccc4c(c3)C(c3ccccc3)(c3ccccc3)c3ccccc3-4)c2)cc1.c1ccc(-c2cccc(-c3ccccc3N(c3ccc(-c4ccc5sc6ccccc6c5c4)cc3)c3ccc4c(c3)C(c3ccccc3)(c3ccccc3)c3ccccc3-4)c2)cc1. The fourth-order valence-corrected chi connectivity index (χ4v) is 21.3. The van der Waals surface area contributed by atoms with Crippen LogP contribution >= 0.6 is 11.3 Å². The van der Waals surface area contributed by atoms with Gasteiger partial charge in [0.25, 0.3) is 0 Å². The Bertz CT molecular complexity index is 7270. The molecule has 0 atom stereocenters. The van der Waals surface area contributed by atoms with Crippen molar-refractivity contribution in [3.8, 4) is 89.0 Å². The number of hydrogen-bond acceptors (Lipinski definition) is 4. The van der Waals surface area contributed by atoms with Crippen molar-refractivity contribution in [3.63, 3.8) is 0 Å². The summed E-state index contributed by atoms with van der Waals surface area (Å²) in [6.07, 6.45) is 0. The Kier molecular flexibility index (Phi) is 18.9. The summed E-state index contributed by atoms with van der Waals surface area (Å²) in [5.74, 6) is 0. The number of fused-ring (bicyclic) bond motifs is 12. The second-order valence-corrected chi connectivity index (χ2v) is 33.9. The molecule has 22 aromatic rings. The maximum absolute atomic E-state index is 6.19. The summed E-state index contributed by atoms with van der Waals surface area (Å²) in [7, 11) is 0. The van der Waals surface area contributed by atoms with E-state index in [0.29, 0.717) is 0 Å². The van der Waals surface area contributed by atoms with Crippen molar-refractivity contribution >= 4 is 87.6 Å². The Labute approximate surface area is 738 Å². The van der Waals surface area contributed by atoms with Gasteiger partial charge in [-0.1, -0.05) is 388 Å². The summed E-state index contributed by atoms with van der Waals surface area (Å²) in [4.78, 5) is 4.92. The molecule has 0 bridgehead atoms. The minimum Gasteiger partial charge on any atom is -0.456 e. The highest BCUT2D eigenvalue weighted by Crippen LogP contribution is 2.60. The fraction of sp³-hybridized carbons (Fsp3) is 0.0164. The molecule has 3 nitrogen and oxygen atoms in total. The molecular formula is C122H82N2OS. The largest absolute Gasteiger partial charge is 0.456 e. The van der Waals surface area contributed by atoms with Crippen LogP contribution in [0.25, 0.3) is 131 Å². The molecule has 0 amide bonds. The van der Waals surface area contributed by atoms with E-state index in [1.165, 1.54) is 126 Å². The molecule has 2 aliphatic rings. The summed E-state index contributed by atoms with van der Waals surface area (Å²) < 4.78 is 8.83. The van der Waals surface area contributed by atoms with Crippen LogP contribution in [-0.2, 0) is 10.8 Å². The molecule has 20 aromatic carbocycles. The van der Waals surface area contributed by atoms with Crippen LogP contribution in [0.1, 0.15) is 44.5 Å². The van der Waals surface area contributed by atoms with Crippen molar-refractivity contribution < 1.29 is 4.42 Å². The molecule has 2 aromatic heterocycles. The molecule has 24 rings (SSSR count). The standard InChI is InChI=1S/C61H41NO.C61H41NS/c2*1-4-17-42(18-5-1)44-19-16-20-46(39-44)51-25-11-14-29-58(51)62(49-34-31-43(32-35-49)45-33-38-60-55(40-45)54-27-12-15-30-59(54)63-60)50-36-37-53-52-26-10-13-28-56(52)61(57(53)41-50,47-21-6-2-7-22-47)48-23-8-3-9-24-48/h2*1-41H. The highest BCUT2D eigenvalue weighted by atomic mass is 32.1. The molecule has 0 N–H and O–H groups in total. The number of furan rings is 1. The maximum Gasteiger partial charge on any atom is 0.135 e. The number of nitrogens with zero attached hydrogens (tertiary/aromatic N) is 2. The zero-order valence-corrected chi connectivity index (χ0v) is 69.9. The van der Waals surface area contributed by atoms with Crippen molar-refractivity contribution in [1.29, 1.82) is 0 Å². The normalized spacial score (nSPS) is 12.6. The Hall–Kier alpha value is -16.0. The van der Waals surface area contributed by atoms with Crippen molar-refractivity contribution in [2.45, 2.75) is 10.8 Å². The third-order valence-corrected chi connectivity index (χ3v) is 27.1. The van der Waals surface area contributed by atoms with Gasteiger partial charge in [0.15, 0.2) is 0 Å². The summed E-state index contributed by atoms with van der Waals surface area (Å²) >= 11 is 1.86. The molecule has 0 unspecified atom stereocenters. The number of thiophene rings is 1. The average Bonchev–Trinajstić information content (AvgIpc) is 1.54. The molecule has 0 spiro atoms. The lowest BCUT2D eigenvalue weighted by Crippen LogP contribution is -2.28. The molecule has 2 heterocycles. The first-order valence-corrected chi connectivity index (χ1v) is 44.1. The molecule has 0 radical (unpaired) electrons. The lowest BCUT2D eigenvalue weighted by molar-refractivity contribution is 0.669. The summed E-state index contributed by atoms with van der Waals surface area (Å²) in [5, 5.41) is 4.88. The second-order valence-electron chi connectivity index (χ2n) is 32.8. The van der Waals surface area contributed by atoms with Crippen LogP contribution in [0.15, 0.2) is 502 Å². The fourth-order valence-electron chi connectivity index (χ4n) is 20.2. The van der Waals surface area contributed by atoms with Gasteiger partial charge in [-0.05, 0) is 232 Å². The average molecular weight is 1620 g/mol. The van der Waals surface area contributed by atoms with E-state index in [0.717, 1.165) is 83.9 Å². The number of hydrogen-bond donors (Lipinski definition) is 0. The van der Waals surface area contributed by atoms with Crippen LogP contribution in [0.2, 0.25) is 0 Å². The lowest BCUT2D eigenvalue weighted by Gasteiger charge is -2.35. The third kappa shape index (κ3) is 12.9. The van der Waals surface area contributed by atoms with E-state index >= 15 is 0 Å². The third-order valence-electron chi connectivity index (χ3n) is 25.9. The quantitative estimate of drug-likeness (QED) is 0.0961. The van der Waals surface area contributed by atoms with Gasteiger partial charge in [0, 0.05) is 64.8 Å². The van der Waals surface area contributed by atoms with Gasteiger partial charge in [0.2, 0.25) is 0 Å². The van der Waals surface area contributed by atoms with E-state index in [9.17, 15) is 0 Å². The predicted molar refractivity (Wildman–Crippen MR) is 530 cm³/mol. The van der Waals surface area contributed by atoms with Gasteiger partial charge in [-0.25, -0.2) is 0 Å². The predicted octanol–water partition coefficient (Wildman–Crippen LogP) is 33.3. The molecule has 0 saturated carbocycles. The minimum atomic E-state index is -0.528. The second kappa shape index (κ2) is 31.8. The van der Waals surface area contributed by atoms with Crippen LogP contribution in [0.3, 0.4) is 0 Å². The highest BCUT2D eigenvalue weighted by molar-refractivity contribution is 7.25. The van der Waals surface area contributed by atoms with Crippen LogP contribution in [0, 0.1) is 0 Å². The van der Waals surface area contributed by atoms with Gasteiger partial charge in [0.1, 0.15) is 11.2 Å². The molecule has 126 heavy (non-hydrogen) atoms. The number of rotatable bonds is 16. The Morgan fingerprint density at radius 3 is 0.968 bits per heavy atom. The van der Waals surface area contributed by atoms with Crippen LogP contribution in [-0.4, -0.2) is 0 Å². The smallest absolute Gasteiger partial charge is 0.135 e. The van der Waals surface area contributed by atoms with Crippen LogP contribution in [0.4, 0.5) is 34.1 Å².